The molecule has 3 atom stereocenters. The van der Waals surface area contributed by atoms with Gasteiger partial charge in [0.2, 0.25) is 0 Å². The molecule has 6 heterocycles. The van der Waals surface area contributed by atoms with Crippen LogP contribution in [0.1, 0.15) is 44.1 Å². The first-order chi connectivity index (χ1) is 26.2. The number of anilines is 1. The number of alkyl halides is 1. The summed E-state index contributed by atoms with van der Waals surface area (Å²) in [5.41, 5.74) is -0.160. The van der Waals surface area contributed by atoms with E-state index in [1.165, 1.54) is 67.8 Å². The monoisotopic (exact) mass is 849 g/mol. The SMILES string of the molecule is C#Cc1c(F)ccc2cc(O)cc(-c3ncc4c(N(C)CCCC5CCN5C(=O)n5cncn5)nc(OC)nc4c3F)c12.FC1CC2CCCN2C1.[CH3][Sb]. The number of phenols is 1. The summed E-state index contributed by atoms with van der Waals surface area (Å²) in [6.45, 7) is 3.06. The van der Waals surface area contributed by atoms with Gasteiger partial charge < -0.3 is 19.6 Å². The number of terminal acetylenes is 1. The first-order valence-electron chi connectivity index (χ1n) is 17.7. The van der Waals surface area contributed by atoms with Crippen LogP contribution < -0.4 is 9.64 Å². The second-order valence-corrected chi connectivity index (χ2v) is 13.3. The van der Waals surface area contributed by atoms with Crippen LogP contribution in [0.15, 0.2) is 43.1 Å². The van der Waals surface area contributed by atoms with Gasteiger partial charge in [0.1, 0.15) is 47.4 Å². The molecule has 2 aromatic carbocycles. The van der Waals surface area contributed by atoms with Crippen LogP contribution in [0, 0.1) is 24.0 Å². The molecule has 0 saturated carbocycles. The molecule has 16 heteroatoms. The Morgan fingerprint density at radius 2 is 2.00 bits per heavy atom. The number of benzene rings is 2. The molecule has 2 radical (unpaired) electrons. The van der Waals surface area contributed by atoms with Gasteiger partial charge in [0.25, 0.3) is 0 Å². The van der Waals surface area contributed by atoms with Crippen molar-refractivity contribution in [1.29, 1.82) is 0 Å². The van der Waals surface area contributed by atoms with Crippen molar-refractivity contribution in [2.45, 2.75) is 61.7 Å². The van der Waals surface area contributed by atoms with E-state index in [1.807, 2.05) is 11.9 Å². The number of carbonyl (C=O) groups excluding carboxylic acids is 1. The van der Waals surface area contributed by atoms with Crippen molar-refractivity contribution in [3.8, 4) is 35.4 Å². The fourth-order valence-corrected chi connectivity index (χ4v) is 7.47. The molecule has 282 valence electrons. The molecule has 1 amide bonds. The molecule has 0 spiro atoms. The molecule has 3 unspecified atom stereocenters. The van der Waals surface area contributed by atoms with Gasteiger partial charge in [0, 0.05) is 55.9 Å². The molecule has 12 nitrogen and oxygen atoms in total. The van der Waals surface area contributed by atoms with E-state index in [4.69, 9.17) is 11.2 Å². The molecule has 0 bridgehead atoms. The Labute approximate surface area is 325 Å². The number of halogens is 3. The van der Waals surface area contributed by atoms with E-state index >= 15 is 4.39 Å². The van der Waals surface area contributed by atoms with E-state index in [0.717, 1.165) is 32.2 Å². The molecule has 3 fully saturated rings. The molecule has 3 saturated heterocycles. The minimum absolute atomic E-state index is 0.0508. The van der Waals surface area contributed by atoms with Gasteiger partial charge in [-0.1, -0.05) is 12.0 Å². The molecule has 1 N–H and O–H groups in total. The van der Waals surface area contributed by atoms with Gasteiger partial charge in [0.15, 0.2) is 5.82 Å². The topological polar surface area (TPSA) is 126 Å². The fourth-order valence-electron chi connectivity index (χ4n) is 7.47. The van der Waals surface area contributed by atoms with Crippen LogP contribution in [0.2, 0.25) is 4.87 Å². The van der Waals surface area contributed by atoms with E-state index in [-0.39, 0.29) is 51.6 Å². The van der Waals surface area contributed by atoms with Crippen molar-refractivity contribution in [3.05, 3.63) is 60.3 Å². The summed E-state index contributed by atoms with van der Waals surface area (Å²) in [6.07, 6.45) is 14.9. The Bertz CT molecular complexity index is 2160. The Balaban J connectivity index is 0.000000388. The number of carbonyl (C=O) groups is 1. The van der Waals surface area contributed by atoms with E-state index in [1.54, 1.807) is 27.9 Å². The predicted octanol–water partition coefficient (Wildman–Crippen LogP) is 5.76. The molecule has 3 aliphatic heterocycles. The molecule has 8 rings (SSSR count). The van der Waals surface area contributed by atoms with E-state index in [9.17, 15) is 18.7 Å². The van der Waals surface area contributed by atoms with Crippen LogP contribution in [-0.4, -0.2) is 132 Å². The number of amides is 1. The number of hydrogen-bond acceptors (Lipinski definition) is 10. The number of rotatable bonds is 7. The zero-order chi connectivity index (χ0) is 38.5. The number of phenolic OH excluding ortho intramolecular Hbond substituents is 1. The number of aromatic hydroxyl groups is 1. The Morgan fingerprint density at radius 1 is 1.19 bits per heavy atom. The number of methoxy groups -OCH3 is 1. The van der Waals surface area contributed by atoms with Gasteiger partial charge >= 0.3 is 39.9 Å². The summed E-state index contributed by atoms with van der Waals surface area (Å²) >= 11 is 1.75. The van der Waals surface area contributed by atoms with Crippen molar-refractivity contribution in [2.75, 3.05) is 45.2 Å². The Morgan fingerprint density at radius 3 is 2.69 bits per heavy atom. The maximum absolute atomic E-state index is 16.3. The normalized spacial score (nSPS) is 18.9. The maximum atomic E-state index is 16.3. The Hall–Kier alpha value is -4.67. The molecule has 0 aliphatic carbocycles. The molecule has 5 aromatic rings. The van der Waals surface area contributed by atoms with Gasteiger partial charge in [-0.15, -0.1) is 6.42 Å². The third-order valence-corrected chi connectivity index (χ3v) is 10.1. The number of likely N-dealkylation sites (tertiary alicyclic amines) is 1. The van der Waals surface area contributed by atoms with Crippen LogP contribution >= 0.6 is 0 Å². The van der Waals surface area contributed by atoms with E-state index in [0.29, 0.717) is 42.3 Å². The van der Waals surface area contributed by atoms with Crippen LogP contribution in [0.25, 0.3) is 32.9 Å². The van der Waals surface area contributed by atoms with E-state index in [2.05, 4.69) is 40.7 Å². The van der Waals surface area contributed by atoms with Crippen LogP contribution in [0.3, 0.4) is 0 Å². The van der Waals surface area contributed by atoms with Crippen LogP contribution in [-0.2, 0) is 0 Å². The molecule has 3 aromatic heterocycles. The van der Waals surface area contributed by atoms with Crippen molar-refractivity contribution < 1.29 is 27.8 Å². The predicted molar refractivity (Wildman–Crippen MR) is 200 cm³/mol. The number of fused-ring (bicyclic) bond motifs is 3. The second-order valence-electron chi connectivity index (χ2n) is 13.3. The van der Waals surface area contributed by atoms with Gasteiger partial charge in [-0.2, -0.15) is 19.7 Å². The number of ether oxygens (including phenoxy) is 1. The quantitative estimate of drug-likeness (QED) is 0.160. The van der Waals surface area contributed by atoms with E-state index < -0.39 is 17.8 Å². The zero-order valence-corrected chi connectivity index (χ0v) is 32.8. The first kappa shape index (κ1) is 39.0. The average molecular weight is 851 g/mol. The van der Waals surface area contributed by atoms with Crippen molar-refractivity contribution in [2.24, 2.45) is 0 Å². The van der Waals surface area contributed by atoms with Gasteiger partial charge in [-0.25, -0.2) is 22.9 Å². The summed E-state index contributed by atoms with van der Waals surface area (Å²) in [5, 5.41) is 15.3. The number of hydrogen-bond donors (Lipinski definition) is 1. The van der Waals surface area contributed by atoms with Gasteiger partial charge in [-0.3, -0.25) is 9.88 Å². The van der Waals surface area contributed by atoms with Crippen LogP contribution in [0.4, 0.5) is 23.8 Å². The van der Waals surface area contributed by atoms with Gasteiger partial charge in [0.05, 0.1) is 18.1 Å². The van der Waals surface area contributed by atoms with Gasteiger partial charge in [-0.05, 0) is 68.7 Å². The third kappa shape index (κ3) is 7.91. The van der Waals surface area contributed by atoms with Crippen molar-refractivity contribution in [3.63, 3.8) is 0 Å². The Kier molecular flexibility index (Phi) is 12.4. The summed E-state index contributed by atoms with van der Waals surface area (Å²) in [6, 6.07) is 5.81. The first-order valence-corrected chi connectivity index (χ1v) is 20.2. The van der Waals surface area contributed by atoms with Crippen molar-refractivity contribution >= 4 is 56.5 Å². The third-order valence-electron chi connectivity index (χ3n) is 10.1. The standard InChI is InChI=1S/C30H26F2N8O3.C7H12FN.CH3.Sb/c1-4-20-23(31)8-7-17-12-19(41)13-21(24(17)20)26-25(32)27-22(14-34-26)28(37-29(36-27)43-3)38(2)10-5-6-18-9-11-39(18)30(42)40-16-33-15-35-40;8-6-4-7-2-1-3-9(7)5-6;;/h1,7-8,12-16,18,41H,5-6,9-11H2,2-3H3;6-7H,1-5H2;1H3;. The second kappa shape index (κ2) is 17.2. The molecular weight excluding hydrogens is 809 g/mol. The number of pyridine rings is 1. The molecule has 3 aliphatic rings. The fraction of sp³-hybridized carbons (Fsp3) is 0.421. The number of nitrogens with zero attached hydrogens (tertiary/aromatic N) is 9. The summed E-state index contributed by atoms with van der Waals surface area (Å²) in [7, 11) is 3.20. The summed E-state index contributed by atoms with van der Waals surface area (Å²) in [5.74, 6) is 1.12. The minimum atomic E-state index is -0.802. The summed E-state index contributed by atoms with van der Waals surface area (Å²) < 4.78 is 50.0. The molecular formula is C38H41F3N9O3Sb. The van der Waals surface area contributed by atoms with Crippen LogP contribution in [0.5, 0.6) is 11.8 Å². The zero-order valence-electron chi connectivity index (χ0n) is 30.3. The number of aromatic nitrogens is 6. The average Bonchev–Trinajstić information content (AvgIpc) is 3.93. The van der Waals surface area contributed by atoms with Crippen molar-refractivity contribution in [1.82, 2.24) is 39.5 Å². The summed E-state index contributed by atoms with van der Waals surface area (Å²) in [4.78, 5) is 37.5. The molecule has 54 heavy (non-hydrogen) atoms.